The first-order valence-electron chi connectivity index (χ1n) is 7.96. The van der Waals surface area contributed by atoms with E-state index in [0.717, 1.165) is 12.6 Å². The van der Waals surface area contributed by atoms with E-state index < -0.39 is 0 Å². The minimum absolute atomic E-state index is 0.398. The molecule has 2 nitrogen and oxygen atoms in total. The molecule has 1 aromatic rings. The Hall–Kier alpha value is -0.540. The van der Waals surface area contributed by atoms with Gasteiger partial charge in [0.2, 0.25) is 0 Å². The highest BCUT2D eigenvalue weighted by Crippen LogP contribution is 2.37. The third kappa shape index (κ3) is 3.98. The van der Waals surface area contributed by atoms with Crippen molar-refractivity contribution in [1.29, 1.82) is 0 Å². The fourth-order valence-electron chi connectivity index (χ4n) is 2.76. The fraction of sp³-hybridized carbons (Fsp3) is 0.647. The summed E-state index contributed by atoms with van der Waals surface area (Å²) in [5, 5.41) is 3.55. The Balaban J connectivity index is 2.27. The highest BCUT2D eigenvalue weighted by Gasteiger charge is 2.30. The van der Waals surface area contributed by atoms with Gasteiger partial charge in [-0.05, 0) is 56.5 Å². The quantitative estimate of drug-likeness (QED) is 0.725. The Kier molecular flexibility index (Phi) is 5.91. The zero-order chi connectivity index (χ0) is 14.5. The molecule has 3 heteroatoms. The van der Waals surface area contributed by atoms with Crippen molar-refractivity contribution in [3.63, 3.8) is 0 Å². The topological polar surface area (TPSA) is 15.3 Å². The first-order valence-corrected chi connectivity index (χ1v) is 8.76. The summed E-state index contributed by atoms with van der Waals surface area (Å²) in [6.45, 7) is 8.90. The van der Waals surface area contributed by atoms with E-state index in [1.807, 2.05) is 0 Å². The van der Waals surface area contributed by atoms with Crippen LogP contribution < -0.4 is 10.2 Å². The van der Waals surface area contributed by atoms with E-state index in [0.29, 0.717) is 6.04 Å². The largest absolute Gasteiger partial charge is 0.368 e. The summed E-state index contributed by atoms with van der Waals surface area (Å²) in [5.41, 5.74) is 2.85. The van der Waals surface area contributed by atoms with Crippen molar-refractivity contribution in [2.24, 2.45) is 0 Å². The zero-order valence-electron chi connectivity index (χ0n) is 13.0. The number of hydrogen-bond donors (Lipinski definition) is 1. The normalized spacial score (nSPS) is 16.2. The molecule has 1 saturated carbocycles. The van der Waals surface area contributed by atoms with Crippen molar-refractivity contribution in [2.45, 2.75) is 58.5 Å². The Labute approximate surface area is 132 Å². The maximum atomic E-state index is 3.62. The molecular weight excluding hydrogens is 312 g/mol. The number of hydrogen-bond acceptors (Lipinski definition) is 2. The smallest absolute Gasteiger partial charge is 0.0417 e. The van der Waals surface area contributed by atoms with Crippen LogP contribution in [0.15, 0.2) is 22.7 Å². The second-order valence-corrected chi connectivity index (χ2v) is 6.68. The van der Waals surface area contributed by atoms with E-state index in [2.05, 4.69) is 65.1 Å². The number of benzene rings is 1. The summed E-state index contributed by atoms with van der Waals surface area (Å²) in [5.74, 6) is 0. The van der Waals surface area contributed by atoms with Gasteiger partial charge in [0.05, 0.1) is 0 Å². The average Bonchev–Trinajstić information content (AvgIpc) is 3.25. The van der Waals surface area contributed by atoms with Crippen molar-refractivity contribution in [2.75, 3.05) is 18.0 Å². The molecule has 0 aliphatic heterocycles. The van der Waals surface area contributed by atoms with Gasteiger partial charge in [-0.3, -0.25) is 0 Å². The lowest BCUT2D eigenvalue weighted by Crippen LogP contribution is -2.29. The molecule has 20 heavy (non-hydrogen) atoms. The summed E-state index contributed by atoms with van der Waals surface area (Å²) in [6.07, 6.45) is 5.25. The zero-order valence-corrected chi connectivity index (χ0v) is 14.5. The summed E-state index contributed by atoms with van der Waals surface area (Å²) >= 11 is 3.62. The first kappa shape index (κ1) is 15.8. The van der Waals surface area contributed by atoms with Crippen molar-refractivity contribution in [3.8, 4) is 0 Å². The molecule has 0 bridgehead atoms. The van der Waals surface area contributed by atoms with E-state index in [4.69, 9.17) is 0 Å². The van der Waals surface area contributed by atoms with Crippen molar-refractivity contribution < 1.29 is 0 Å². The molecule has 2 rings (SSSR count). The Morgan fingerprint density at radius 3 is 2.70 bits per heavy atom. The monoisotopic (exact) mass is 338 g/mol. The van der Waals surface area contributed by atoms with E-state index in [1.54, 1.807) is 0 Å². The number of halogens is 1. The molecule has 1 fully saturated rings. The molecular formula is C17H27BrN2. The van der Waals surface area contributed by atoms with Crippen LogP contribution in [0, 0.1) is 0 Å². The second-order valence-electron chi connectivity index (χ2n) is 5.76. The van der Waals surface area contributed by atoms with Crippen LogP contribution in [0.25, 0.3) is 0 Å². The molecule has 112 valence electrons. The fourth-order valence-corrected chi connectivity index (χ4v) is 3.14. The molecule has 0 saturated heterocycles. The lowest BCUT2D eigenvalue weighted by molar-refractivity contribution is 0.593. The highest BCUT2D eigenvalue weighted by molar-refractivity contribution is 9.10. The third-order valence-corrected chi connectivity index (χ3v) is 4.51. The van der Waals surface area contributed by atoms with E-state index in [9.17, 15) is 0 Å². The molecule has 0 amide bonds. The molecule has 1 aromatic carbocycles. The molecule has 0 heterocycles. The lowest BCUT2D eigenvalue weighted by Gasteiger charge is -2.29. The summed E-state index contributed by atoms with van der Waals surface area (Å²) in [7, 11) is 0. The van der Waals surface area contributed by atoms with Crippen LogP contribution in [0.3, 0.4) is 0 Å². The van der Waals surface area contributed by atoms with Crippen LogP contribution in [-0.2, 0) is 0 Å². The van der Waals surface area contributed by atoms with Crippen molar-refractivity contribution >= 4 is 21.6 Å². The highest BCUT2D eigenvalue weighted by atomic mass is 79.9. The van der Waals surface area contributed by atoms with Crippen LogP contribution >= 0.6 is 15.9 Å². The third-order valence-electron chi connectivity index (χ3n) is 4.02. The molecule has 1 N–H and O–H groups in total. The Morgan fingerprint density at radius 1 is 1.35 bits per heavy atom. The lowest BCUT2D eigenvalue weighted by atomic mass is 10.0. The number of anilines is 1. The predicted molar refractivity (Wildman–Crippen MR) is 91.5 cm³/mol. The molecule has 0 aromatic heterocycles. The van der Waals surface area contributed by atoms with E-state index in [1.165, 1.54) is 48.0 Å². The van der Waals surface area contributed by atoms with E-state index in [-0.39, 0.29) is 0 Å². The van der Waals surface area contributed by atoms with Crippen LogP contribution in [0.2, 0.25) is 0 Å². The molecule has 1 atom stereocenters. The van der Waals surface area contributed by atoms with Gasteiger partial charge in [-0.1, -0.05) is 36.2 Å². The standard InChI is InChI=1S/C17H27BrN2/c1-4-6-11-20(15-8-9-15)17-10-7-14(18)12-16(17)13(3)19-5-2/h7,10,12-13,15,19H,4-6,8-9,11H2,1-3H3. The summed E-state index contributed by atoms with van der Waals surface area (Å²) in [6, 6.07) is 7.93. The van der Waals surface area contributed by atoms with Gasteiger partial charge in [-0.15, -0.1) is 0 Å². The Bertz CT molecular complexity index is 429. The van der Waals surface area contributed by atoms with Gasteiger partial charge in [0.15, 0.2) is 0 Å². The summed E-state index contributed by atoms with van der Waals surface area (Å²) in [4.78, 5) is 2.64. The molecule has 1 aliphatic rings. The molecule has 0 radical (unpaired) electrons. The van der Waals surface area contributed by atoms with Gasteiger partial charge in [0.25, 0.3) is 0 Å². The minimum atomic E-state index is 0.398. The summed E-state index contributed by atoms with van der Waals surface area (Å²) < 4.78 is 1.17. The van der Waals surface area contributed by atoms with Gasteiger partial charge in [-0.2, -0.15) is 0 Å². The first-order chi connectivity index (χ1) is 9.67. The minimum Gasteiger partial charge on any atom is -0.368 e. The van der Waals surface area contributed by atoms with Crippen LogP contribution in [0.1, 0.15) is 58.1 Å². The number of unbranched alkanes of at least 4 members (excludes halogenated alkanes) is 1. The number of nitrogens with zero attached hydrogens (tertiary/aromatic N) is 1. The van der Waals surface area contributed by atoms with Crippen LogP contribution in [0.5, 0.6) is 0 Å². The maximum Gasteiger partial charge on any atom is 0.0417 e. The molecule has 1 unspecified atom stereocenters. The van der Waals surface area contributed by atoms with Gasteiger partial charge in [-0.25, -0.2) is 0 Å². The van der Waals surface area contributed by atoms with Gasteiger partial charge in [0, 0.05) is 28.8 Å². The van der Waals surface area contributed by atoms with E-state index >= 15 is 0 Å². The predicted octanol–water partition coefficient (Wildman–Crippen LogP) is 4.89. The van der Waals surface area contributed by atoms with Gasteiger partial charge in [0.1, 0.15) is 0 Å². The Morgan fingerprint density at radius 2 is 2.10 bits per heavy atom. The van der Waals surface area contributed by atoms with Crippen LogP contribution in [0.4, 0.5) is 5.69 Å². The van der Waals surface area contributed by atoms with Gasteiger partial charge < -0.3 is 10.2 Å². The number of rotatable bonds is 8. The number of nitrogens with one attached hydrogen (secondary N) is 1. The SMILES string of the molecule is CCCCN(c1ccc(Br)cc1C(C)NCC)C1CC1. The molecule has 0 spiro atoms. The van der Waals surface area contributed by atoms with Crippen molar-refractivity contribution in [1.82, 2.24) is 5.32 Å². The van der Waals surface area contributed by atoms with Crippen LogP contribution in [-0.4, -0.2) is 19.1 Å². The van der Waals surface area contributed by atoms with Crippen molar-refractivity contribution in [3.05, 3.63) is 28.2 Å². The molecule has 1 aliphatic carbocycles. The average molecular weight is 339 g/mol. The second kappa shape index (κ2) is 7.46. The maximum absolute atomic E-state index is 3.62. The van der Waals surface area contributed by atoms with Gasteiger partial charge >= 0.3 is 0 Å².